The molecule has 2 rings (SSSR count). The lowest BCUT2D eigenvalue weighted by Crippen LogP contribution is -2.48. The van der Waals surface area contributed by atoms with Crippen LogP contribution in [0.2, 0.25) is 0 Å². The van der Waals surface area contributed by atoms with Crippen molar-refractivity contribution in [2.24, 2.45) is 5.92 Å². The molecule has 1 aliphatic rings. The van der Waals surface area contributed by atoms with Gasteiger partial charge in [0, 0.05) is 5.92 Å². The van der Waals surface area contributed by atoms with Gasteiger partial charge in [-0.05, 0) is 25.8 Å². The zero-order valence-electron chi connectivity index (χ0n) is 11.3. The van der Waals surface area contributed by atoms with Gasteiger partial charge in [0.25, 0.3) is 0 Å². The molecule has 0 amide bonds. The number of rotatable bonds is 3. The van der Waals surface area contributed by atoms with Gasteiger partial charge >= 0.3 is 0 Å². The summed E-state index contributed by atoms with van der Waals surface area (Å²) in [6.45, 7) is 6.02. The summed E-state index contributed by atoms with van der Waals surface area (Å²) >= 11 is 0. The van der Waals surface area contributed by atoms with E-state index in [0.29, 0.717) is 0 Å². The van der Waals surface area contributed by atoms with Gasteiger partial charge in [-0.25, -0.2) is 0 Å². The Morgan fingerprint density at radius 2 is 1.83 bits per heavy atom. The summed E-state index contributed by atoms with van der Waals surface area (Å²) in [4.78, 5) is 0. The smallest absolute Gasteiger partial charge is 0.163 e. The van der Waals surface area contributed by atoms with E-state index in [-0.39, 0.29) is 24.7 Å². The molecule has 3 heteroatoms. The van der Waals surface area contributed by atoms with Gasteiger partial charge < -0.3 is 14.6 Å². The van der Waals surface area contributed by atoms with Crippen LogP contribution in [0.25, 0.3) is 0 Å². The van der Waals surface area contributed by atoms with Crippen molar-refractivity contribution >= 4 is 0 Å². The van der Waals surface area contributed by atoms with Crippen molar-refractivity contribution in [1.29, 1.82) is 0 Å². The van der Waals surface area contributed by atoms with Crippen LogP contribution >= 0.6 is 0 Å². The van der Waals surface area contributed by atoms with E-state index in [1.807, 2.05) is 44.2 Å². The third kappa shape index (κ3) is 2.74. The first-order chi connectivity index (χ1) is 8.57. The van der Waals surface area contributed by atoms with E-state index in [2.05, 4.69) is 6.92 Å². The van der Waals surface area contributed by atoms with Crippen LogP contribution in [0.3, 0.4) is 0 Å². The van der Waals surface area contributed by atoms with Gasteiger partial charge in [0.15, 0.2) is 5.79 Å². The first-order valence-corrected chi connectivity index (χ1v) is 6.59. The molecule has 3 nitrogen and oxygen atoms in total. The lowest BCUT2D eigenvalue weighted by molar-refractivity contribution is -0.327. The van der Waals surface area contributed by atoms with Gasteiger partial charge in [0.2, 0.25) is 0 Å². The highest BCUT2D eigenvalue weighted by molar-refractivity contribution is 5.19. The summed E-state index contributed by atoms with van der Waals surface area (Å²) in [6.07, 6.45) is 0.801. The minimum absolute atomic E-state index is 0.00887. The highest BCUT2D eigenvalue weighted by Crippen LogP contribution is 2.40. The molecule has 1 aromatic carbocycles. The Labute approximate surface area is 109 Å². The normalized spacial score (nSPS) is 31.2. The number of ether oxygens (including phenoxy) is 2. The SMILES string of the molecule is CC[C@@H]1OC(C)(C)O[C@@H](c2ccccc2)[C@H]1CO. The molecule has 0 spiro atoms. The van der Waals surface area contributed by atoms with E-state index in [1.54, 1.807) is 0 Å². The fourth-order valence-corrected chi connectivity index (χ4v) is 2.63. The van der Waals surface area contributed by atoms with Crippen LogP contribution in [-0.4, -0.2) is 23.6 Å². The van der Waals surface area contributed by atoms with Gasteiger partial charge in [0.1, 0.15) is 0 Å². The molecule has 1 aliphatic heterocycles. The van der Waals surface area contributed by atoms with E-state index in [1.165, 1.54) is 0 Å². The van der Waals surface area contributed by atoms with Crippen LogP contribution in [0.15, 0.2) is 30.3 Å². The van der Waals surface area contributed by atoms with Crippen molar-refractivity contribution in [1.82, 2.24) is 0 Å². The van der Waals surface area contributed by atoms with Crippen molar-refractivity contribution in [3.05, 3.63) is 35.9 Å². The van der Waals surface area contributed by atoms with E-state index in [0.717, 1.165) is 12.0 Å². The van der Waals surface area contributed by atoms with Crippen LogP contribution < -0.4 is 0 Å². The van der Waals surface area contributed by atoms with Crippen molar-refractivity contribution in [2.75, 3.05) is 6.61 Å². The molecule has 18 heavy (non-hydrogen) atoms. The van der Waals surface area contributed by atoms with Crippen LogP contribution in [0, 0.1) is 5.92 Å². The van der Waals surface area contributed by atoms with Crippen LogP contribution in [0.4, 0.5) is 0 Å². The topological polar surface area (TPSA) is 38.7 Å². The van der Waals surface area contributed by atoms with E-state index >= 15 is 0 Å². The standard InChI is InChI=1S/C15H22O3/c1-4-13-12(10-16)14(18-15(2,3)17-13)11-8-6-5-7-9-11/h5-9,12-14,16H,4,10H2,1-3H3/t12-,13-,14-/m0/s1. The first kappa shape index (κ1) is 13.5. The Kier molecular flexibility index (Phi) is 4.05. The maximum atomic E-state index is 9.63. The predicted octanol–water partition coefficient (Wildman–Crippen LogP) is 2.90. The number of benzene rings is 1. The molecule has 1 fully saturated rings. The van der Waals surface area contributed by atoms with Gasteiger partial charge in [-0.15, -0.1) is 0 Å². The predicted molar refractivity (Wildman–Crippen MR) is 70.1 cm³/mol. The monoisotopic (exact) mass is 250 g/mol. The van der Waals surface area contributed by atoms with Crippen LogP contribution in [-0.2, 0) is 9.47 Å². The van der Waals surface area contributed by atoms with E-state index in [4.69, 9.17) is 9.47 Å². The zero-order chi connectivity index (χ0) is 13.2. The lowest BCUT2D eigenvalue weighted by Gasteiger charge is -2.45. The largest absolute Gasteiger partial charge is 0.396 e. The van der Waals surface area contributed by atoms with Crippen molar-refractivity contribution < 1.29 is 14.6 Å². The Bertz CT molecular complexity index is 375. The molecule has 0 radical (unpaired) electrons. The molecular weight excluding hydrogens is 228 g/mol. The molecule has 0 saturated carbocycles. The van der Waals surface area contributed by atoms with Crippen LogP contribution in [0.5, 0.6) is 0 Å². The lowest BCUT2D eigenvalue weighted by atomic mass is 9.88. The highest BCUT2D eigenvalue weighted by Gasteiger charge is 2.42. The average Bonchev–Trinajstić information content (AvgIpc) is 2.38. The summed E-state index contributed by atoms with van der Waals surface area (Å²) in [6, 6.07) is 10.1. The van der Waals surface area contributed by atoms with Gasteiger partial charge in [-0.2, -0.15) is 0 Å². The summed E-state index contributed by atoms with van der Waals surface area (Å²) < 4.78 is 11.9. The Hall–Kier alpha value is -0.900. The molecule has 0 unspecified atom stereocenters. The molecular formula is C15H22O3. The number of aliphatic hydroxyl groups excluding tert-OH is 1. The summed E-state index contributed by atoms with van der Waals surface area (Å²) in [5.74, 6) is -0.613. The molecule has 0 bridgehead atoms. The second-order valence-corrected chi connectivity index (χ2v) is 5.26. The Balaban J connectivity index is 2.30. The number of hydrogen-bond donors (Lipinski definition) is 1. The maximum Gasteiger partial charge on any atom is 0.163 e. The average molecular weight is 250 g/mol. The van der Waals surface area contributed by atoms with Gasteiger partial charge in [0.05, 0.1) is 18.8 Å². The maximum absolute atomic E-state index is 9.63. The highest BCUT2D eigenvalue weighted by atomic mass is 16.7. The zero-order valence-corrected chi connectivity index (χ0v) is 11.3. The summed E-state index contributed by atoms with van der Waals surface area (Å²) in [7, 11) is 0. The number of aliphatic hydroxyl groups is 1. The molecule has 1 saturated heterocycles. The molecule has 1 aromatic rings. The third-order valence-corrected chi connectivity index (χ3v) is 3.45. The van der Waals surface area contributed by atoms with Crippen molar-refractivity contribution in [2.45, 2.75) is 45.2 Å². The quantitative estimate of drug-likeness (QED) is 0.896. The van der Waals surface area contributed by atoms with E-state index < -0.39 is 5.79 Å². The van der Waals surface area contributed by atoms with Crippen molar-refractivity contribution in [3.63, 3.8) is 0 Å². The fraction of sp³-hybridized carbons (Fsp3) is 0.600. The second-order valence-electron chi connectivity index (χ2n) is 5.26. The Morgan fingerprint density at radius 3 is 2.39 bits per heavy atom. The minimum Gasteiger partial charge on any atom is -0.396 e. The van der Waals surface area contributed by atoms with Gasteiger partial charge in [-0.3, -0.25) is 0 Å². The van der Waals surface area contributed by atoms with E-state index in [9.17, 15) is 5.11 Å². The Morgan fingerprint density at radius 1 is 1.17 bits per heavy atom. The van der Waals surface area contributed by atoms with Crippen LogP contribution in [0.1, 0.15) is 38.9 Å². The fourth-order valence-electron chi connectivity index (χ4n) is 2.63. The summed E-state index contributed by atoms with van der Waals surface area (Å²) in [5, 5.41) is 9.63. The molecule has 100 valence electrons. The molecule has 0 aromatic heterocycles. The molecule has 0 aliphatic carbocycles. The van der Waals surface area contributed by atoms with Crippen molar-refractivity contribution in [3.8, 4) is 0 Å². The third-order valence-electron chi connectivity index (χ3n) is 3.45. The molecule has 1 heterocycles. The summed E-state index contributed by atoms with van der Waals surface area (Å²) in [5.41, 5.74) is 1.10. The minimum atomic E-state index is -0.604. The first-order valence-electron chi connectivity index (χ1n) is 6.59. The number of hydrogen-bond acceptors (Lipinski definition) is 3. The molecule has 1 N–H and O–H groups in total. The molecule has 3 atom stereocenters. The van der Waals surface area contributed by atoms with Gasteiger partial charge in [-0.1, -0.05) is 37.3 Å². The second kappa shape index (κ2) is 5.39.